The van der Waals surface area contributed by atoms with E-state index in [0.29, 0.717) is 5.56 Å². The van der Waals surface area contributed by atoms with Crippen molar-refractivity contribution in [2.75, 3.05) is 23.3 Å². The maximum absolute atomic E-state index is 12.3. The molecule has 1 aromatic heterocycles. The monoisotopic (exact) mass is 422 g/mol. The molecule has 0 unspecified atom stereocenters. The average molecular weight is 423 g/mol. The lowest BCUT2D eigenvalue weighted by atomic mass is 10.1. The van der Waals surface area contributed by atoms with E-state index in [9.17, 15) is 4.79 Å². The van der Waals surface area contributed by atoms with E-state index in [1.165, 1.54) is 12.8 Å². The van der Waals surface area contributed by atoms with Crippen LogP contribution in [0.15, 0.2) is 65.1 Å². The first-order valence-corrected chi connectivity index (χ1v) is 9.74. The van der Waals surface area contributed by atoms with E-state index in [1.807, 2.05) is 48.5 Å². The van der Waals surface area contributed by atoms with Gasteiger partial charge >= 0.3 is 0 Å². The van der Waals surface area contributed by atoms with Gasteiger partial charge in [-0.15, -0.1) is 10.2 Å². The summed E-state index contributed by atoms with van der Waals surface area (Å²) in [6.07, 6.45) is 2.44. The van der Waals surface area contributed by atoms with Gasteiger partial charge in [-0.05, 0) is 61.4 Å². The van der Waals surface area contributed by atoms with Crippen LogP contribution in [0.25, 0.3) is 11.3 Å². The topological polar surface area (TPSA) is 58.1 Å². The zero-order valence-electron chi connectivity index (χ0n) is 14.7. The molecular formula is C21H19BrN4O. The number of rotatable bonds is 4. The predicted molar refractivity (Wildman–Crippen MR) is 111 cm³/mol. The Balaban J connectivity index is 1.44. The second-order valence-electron chi connectivity index (χ2n) is 6.51. The van der Waals surface area contributed by atoms with Gasteiger partial charge in [0.05, 0.1) is 5.69 Å². The molecule has 1 aliphatic heterocycles. The third-order valence-corrected chi connectivity index (χ3v) is 5.15. The number of hydrogen-bond donors (Lipinski definition) is 1. The minimum absolute atomic E-state index is 0.134. The van der Waals surface area contributed by atoms with Crippen LogP contribution in [-0.4, -0.2) is 29.2 Å². The molecule has 1 fully saturated rings. The van der Waals surface area contributed by atoms with Crippen molar-refractivity contribution in [3.8, 4) is 11.3 Å². The molecule has 0 aliphatic carbocycles. The largest absolute Gasteiger partial charge is 0.355 e. The molecule has 3 aromatic rings. The number of anilines is 2. The molecule has 136 valence electrons. The molecule has 5 nitrogen and oxygen atoms in total. The Morgan fingerprint density at radius 2 is 1.59 bits per heavy atom. The number of benzene rings is 2. The molecule has 1 N–H and O–H groups in total. The molecule has 1 saturated heterocycles. The lowest BCUT2D eigenvalue weighted by Crippen LogP contribution is -2.19. The van der Waals surface area contributed by atoms with Gasteiger partial charge in [-0.25, -0.2) is 0 Å². The molecule has 1 amide bonds. The highest BCUT2D eigenvalue weighted by Gasteiger charge is 2.14. The van der Waals surface area contributed by atoms with Crippen molar-refractivity contribution in [1.82, 2.24) is 10.2 Å². The van der Waals surface area contributed by atoms with Crippen molar-refractivity contribution in [2.24, 2.45) is 0 Å². The van der Waals surface area contributed by atoms with Gasteiger partial charge in [-0.1, -0.05) is 28.1 Å². The van der Waals surface area contributed by atoms with E-state index in [-0.39, 0.29) is 5.91 Å². The van der Waals surface area contributed by atoms with Crippen LogP contribution < -0.4 is 10.2 Å². The number of hydrogen-bond acceptors (Lipinski definition) is 4. The van der Waals surface area contributed by atoms with Gasteiger partial charge in [0.15, 0.2) is 5.82 Å². The summed E-state index contributed by atoms with van der Waals surface area (Å²) < 4.78 is 0.945. The fraction of sp³-hybridized carbons (Fsp3) is 0.190. The predicted octanol–water partition coefficient (Wildman–Crippen LogP) is 4.76. The highest BCUT2D eigenvalue weighted by molar-refractivity contribution is 9.10. The summed E-state index contributed by atoms with van der Waals surface area (Å²) >= 11 is 3.37. The summed E-state index contributed by atoms with van der Waals surface area (Å²) in [5.41, 5.74) is 3.15. The summed E-state index contributed by atoms with van der Waals surface area (Å²) in [6, 6.07) is 18.9. The highest BCUT2D eigenvalue weighted by Crippen LogP contribution is 2.22. The fourth-order valence-corrected chi connectivity index (χ4v) is 3.39. The molecule has 6 heteroatoms. The van der Waals surface area contributed by atoms with Gasteiger partial charge < -0.3 is 10.2 Å². The number of nitrogens with zero attached hydrogens (tertiary/aromatic N) is 3. The van der Waals surface area contributed by atoms with Crippen LogP contribution in [0.5, 0.6) is 0 Å². The molecule has 1 aliphatic rings. The van der Waals surface area contributed by atoms with Crippen LogP contribution in [0, 0.1) is 0 Å². The lowest BCUT2D eigenvalue weighted by molar-refractivity contribution is 0.102. The number of halogens is 1. The molecular weight excluding hydrogens is 404 g/mol. The van der Waals surface area contributed by atoms with E-state index in [4.69, 9.17) is 0 Å². The summed E-state index contributed by atoms with van der Waals surface area (Å²) in [6.45, 7) is 2.11. The van der Waals surface area contributed by atoms with E-state index in [1.54, 1.807) is 12.1 Å². The first-order chi connectivity index (χ1) is 13.2. The molecule has 0 radical (unpaired) electrons. The smallest absolute Gasteiger partial charge is 0.255 e. The molecule has 2 aromatic carbocycles. The number of amides is 1. The first kappa shape index (κ1) is 17.7. The minimum Gasteiger partial charge on any atom is -0.355 e. The van der Waals surface area contributed by atoms with Gasteiger partial charge in [-0.3, -0.25) is 4.79 Å². The first-order valence-electron chi connectivity index (χ1n) is 8.95. The van der Waals surface area contributed by atoms with Crippen LogP contribution in [0.1, 0.15) is 23.2 Å². The number of nitrogens with one attached hydrogen (secondary N) is 1. The van der Waals surface area contributed by atoms with Crippen molar-refractivity contribution in [1.29, 1.82) is 0 Å². The van der Waals surface area contributed by atoms with E-state index < -0.39 is 0 Å². The normalized spacial score (nSPS) is 13.6. The summed E-state index contributed by atoms with van der Waals surface area (Å²) in [5.74, 6) is 0.805. The standard InChI is InChI=1S/C21H19BrN4O/c22-17-7-3-16(4-8-17)21(27)23-18-9-5-15(6-10-18)19-11-12-20(25-24-19)26-13-1-2-14-26/h3-12H,1-2,13-14H2,(H,23,27). The van der Waals surface area contributed by atoms with E-state index >= 15 is 0 Å². The van der Waals surface area contributed by atoms with Crippen LogP contribution in [0.3, 0.4) is 0 Å². The second kappa shape index (κ2) is 7.88. The third kappa shape index (κ3) is 4.17. The van der Waals surface area contributed by atoms with Crippen molar-refractivity contribution < 1.29 is 4.79 Å². The lowest BCUT2D eigenvalue weighted by Gasteiger charge is -2.15. The Morgan fingerprint density at radius 3 is 2.22 bits per heavy atom. The fourth-order valence-electron chi connectivity index (χ4n) is 3.12. The molecule has 0 atom stereocenters. The van der Waals surface area contributed by atoms with Gasteiger partial charge in [0.25, 0.3) is 5.91 Å². The van der Waals surface area contributed by atoms with E-state index in [0.717, 1.165) is 40.3 Å². The van der Waals surface area contributed by atoms with Gasteiger partial charge in [0.1, 0.15) is 0 Å². The quantitative estimate of drug-likeness (QED) is 0.658. The van der Waals surface area contributed by atoms with E-state index in [2.05, 4.69) is 36.3 Å². The van der Waals surface area contributed by atoms with Crippen LogP contribution in [0.4, 0.5) is 11.5 Å². The van der Waals surface area contributed by atoms with Crippen LogP contribution >= 0.6 is 15.9 Å². The SMILES string of the molecule is O=C(Nc1ccc(-c2ccc(N3CCCC3)nn2)cc1)c1ccc(Br)cc1. The third-order valence-electron chi connectivity index (χ3n) is 4.63. The molecule has 0 bridgehead atoms. The van der Waals surface area contributed by atoms with Crippen molar-refractivity contribution in [2.45, 2.75) is 12.8 Å². The number of carbonyl (C=O) groups excluding carboxylic acids is 1. The Hall–Kier alpha value is -2.73. The zero-order valence-corrected chi connectivity index (χ0v) is 16.3. The maximum Gasteiger partial charge on any atom is 0.255 e. The van der Waals surface area contributed by atoms with Gasteiger partial charge in [0, 0.05) is 34.4 Å². The minimum atomic E-state index is -0.134. The Bertz CT molecular complexity index is 918. The average Bonchev–Trinajstić information content (AvgIpc) is 3.24. The molecule has 4 rings (SSSR count). The van der Waals surface area contributed by atoms with Gasteiger partial charge in [0.2, 0.25) is 0 Å². The number of aromatic nitrogens is 2. The summed E-state index contributed by atoms with van der Waals surface area (Å²) in [4.78, 5) is 14.6. The zero-order chi connectivity index (χ0) is 18.6. The summed E-state index contributed by atoms with van der Waals surface area (Å²) in [5, 5.41) is 11.6. The van der Waals surface area contributed by atoms with Crippen LogP contribution in [-0.2, 0) is 0 Å². The highest BCUT2D eigenvalue weighted by atomic mass is 79.9. The number of carbonyl (C=O) groups is 1. The van der Waals surface area contributed by atoms with Crippen molar-refractivity contribution in [3.05, 3.63) is 70.7 Å². The van der Waals surface area contributed by atoms with Crippen molar-refractivity contribution in [3.63, 3.8) is 0 Å². The molecule has 0 saturated carbocycles. The molecule has 2 heterocycles. The maximum atomic E-state index is 12.3. The summed E-state index contributed by atoms with van der Waals surface area (Å²) in [7, 11) is 0. The Labute approximate surface area is 166 Å². The van der Waals surface area contributed by atoms with Crippen LogP contribution in [0.2, 0.25) is 0 Å². The van der Waals surface area contributed by atoms with Crippen molar-refractivity contribution >= 4 is 33.3 Å². The Kier molecular flexibility index (Phi) is 5.16. The van der Waals surface area contributed by atoms with Gasteiger partial charge in [-0.2, -0.15) is 0 Å². The molecule has 0 spiro atoms. The molecule has 27 heavy (non-hydrogen) atoms. The second-order valence-corrected chi connectivity index (χ2v) is 7.42. The Morgan fingerprint density at radius 1 is 0.889 bits per heavy atom.